The Hall–Kier alpha value is -1.39. The van der Waals surface area contributed by atoms with Gasteiger partial charge in [-0.2, -0.15) is 5.10 Å². The van der Waals surface area contributed by atoms with E-state index in [1.54, 1.807) is 11.0 Å². The fraction of sp³-hybridized carbons (Fsp3) is 0.625. The lowest BCUT2D eigenvalue weighted by Crippen LogP contribution is -2.31. The highest BCUT2D eigenvalue weighted by atomic mass is 16.1. The smallest absolute Gasteiger partial charge is 0.217 e. The molecule has 0 aliphatic rings. The molecule has 0 saturated heterocycles. The quantitative estimate of drug-likeness (QED) is 0.723. The molecule has 0 radical (unpaired) electrons. The van der Waals surface area contributed by atoms with E-state index >= 15 is 0 Å². The van der Waals surface area contributed by atoms with Crippen molar-refractivity contribution in [1.82, 2.24) is 20.1 Å². The van der Waals surface area contributed by atoms with Gasteiger partial charge in [0, 0.05) is 19.5 Å². The Bertz CT molecular complexity index is 257. The Balaban J connectivity index is 2.22. The average Bonchev–Trinajstić information content (AvgIpc) is 2.51. The van der Waals surface area contributed by atoms with E-state index in [1.165, 1.54) is 13.3 Å². The highest BCUT2D eigenvalue weighted by Crippen LogP contribution is 1.93. The van der Waals surface area contributed by atoms with Gasteiger partial charge in [0.1, 0.15) is 12.7 Å². The summed E-state index contributed by atoms with van der Waals surface area (Å²) in [6.07, 6.45) is 4.03. The maximum absolute atomic E-state index is 10.7. The van der Waals surface area contributed by atoms with Gasteiger partial charge < -0.3 is 5.32 Å². The van der Waals surface area contributed by atoms with E-state index < -0.39 is 0 Å². The van der Waals surface area contributed by atoms with E-state index in [1.807, 2.05) is 6.92 Å². The second-order valence-electron chi connectivity index (χ2n) is 3.05. The van der Waals surface area contributed by atoms with Gasteiger partial charge in [0.05, 0.1) is 0 Å². The summed E-state index contributed by atoms with van der Waals surface area (Å²) in [5.41, 5.74) is 0. The third-order valence-electron chi connectivity index (χ3n) is 1.71. The summed E-state index contributed by atoms with van der Waals surface area (Å²) in [5.74, 6) is 0.00564. The van der Waals surface area contributed by atoms with Crippen LogP contribution in [0.15, 0.2) is 12.7 Å². The van der Waals surface area contributed by atoms with Crippen molar-refractivity contribution in [3.05, 3.63) is 12.7 Å². The average molecular weight is 182 g/mol. The summed E-state index contributed by atoms with van der Waals surface area (Å²) < 4.78 is 1.75. The van der Waals surface area contributed by atoms with E-state index in [-0.39, 0.29) is 11.9 Å². The number of carbonyl (C=O) groups excluding carboxylic acids is 1. The van der Waals surface area contributed by atoms with Gasteiger partial charge in [-0.3, -0.25) is 9.48 Å². The first-order valence-corrected chi connectivity index (χ1v) is 4.28. The Labute approximate surface area is 77.2 Å². The number of aryl methyl sites for hydroxylation is 1. The molecule has 0 spiro atoms. The van der Waals surface area contributed by atoms with Crippen molar-refractivity contribution >= 4 is 5.91 Å². The molecule has 0 aliphatic heterocycles. The highest BCUT2D eigenvalue weighted by Gasteiger charge is 2.02. The van der Waals surface area contributed by atoms with Crippen LogP contribution >= 0.6 is 0 Å². The van der Waals surface area contributed by atoms with Crippen LogP contribution in [0.2, 0.25) is 0 Å². The molecule has 1 heterocycles. The van der Waals surface area contributed by atoms with Gasteiger partial charge in [-0.15, -0.1) is 0 Å². The zero-order valence-electron chi connectivity index (χ0n) is 7.90. The van der Waals surface area contributed by atoms with Gasteiger partial charge in [0.15, 0.2) is 0 Å². The standard InChI is InChI=1S/C8H14N4O/c1-7(11-8(2)13)3-4-12-6-9-5-10-12/h5-7H,3-4H2,1-2H3,(H,11,13). The minimum absolute atomic E-state index is 0.00564. The monoisotopic (exact) mass is 182 g/mol. The zero-order chi connectivity index (χ0) is 9.68. The van der Waals surface area contributed by atoms with Gasteiger partial charge in [-0.05, 0) is 13.3 Å². The van der Waals surface area contributed by atoms with Crippen molar-refractivity contribution in [2.75, 3.05) is 0 Å². The van der Waals surface area contributed by atoms with Crippen LogP contribution < -0.4 is 5.32 Å². The van der Waals surface area contributed by atoms with Gasteiger partial charge in [-0.1, -0.05) is 0 Å². The zero-order valence-corrected chi connectivity index (χ0v) is 7.90. The van der Waals surface area contributed by atoms with Gasteiger partial charge in [0.25, 0.3) is 0 Å². The van der Waals surface area contributed by atoms with E-state index in [9.17, 15) is 4.79 Å². The lowest BCUT2D eigenvalue weighted by atomic mass is 10.2. The fourth-order valence-corrected chi connectivity index (χ4v) is 1.09. The maximum atomic E-state index is 10.7. The molecular formula is C8H14N4O. The first-order valence-electron chi connectivity index (χ1n) is 4.28. The van der Waals surface area contributed by atoms with E-state index in [4.69, 9.17) is 0 Å². The summed E-state index contributed by atoms with van der Waals surface area (Å²) in [5, 5.41) is 6.76. The molecule has 1 rings (SSSR count). The minimum Gasteiger partial charge on any atom is -0.354 e. The van der Waals surface area contributed by atoms with Crippen molar-refractivity contribution in [1.29, 1.82) is 0 Å². The minimum atomic E-state index is 0.00564. The number of amides is 1. The molecule has 5 nitrogen and oxygen atoms in total. The van der Waals surface area contributed by atoms with Crippen LogP contribution in [0, 0.1) is 0 Å². The highest BCUT2D eigenvalue weighted by molar-refractivity contribution is 5.73. The van der Waals surface area contributed by atoms with E-state index in [0.29, 0.717) is 0 Å². The second-order valence-corrected chi connectivity index (χ2v) is 3.05. The van der Waals surface area contributed by atoms with Crippen LogP contribution in [0.25, 0.3) is 0 Å². The number of hydrogen-bond donors (Lipinski definition) is 1. The molecule has 5 heteroatoms. The molecule has 1 amide bonds. The molecule has 13 heavy (non-hydrogen) atoms. The summed E-state index contributed by atoms with van der Waals surface area (Å²) in [6.45, 7) is 4.27. The van der Waals surface area contributed by atoms with Crippen molar-refractivity contribution in [3.63, 3.8) is 0 Å². The van der Waals surface area contributed by atoms with Crippen molar-refractivity contribution in [3.8, 4) is 0 Å². The number of nitrogens with one attached hydrogen (secondary N) is 1. The fourth-order valence-electron chi connectivity index (χ4n) is 1.09. The molecule has 0 fully saturated rings. The number of aromatic nitrogens is 3. The van der Waals surface area contributed by atoms with Crippen LogP contribution in [0.5, 0.6) is 0 Å². The molecule has 0 aromatic carbocycles. The molecule has 1 unspecified atom stereocenters. The molecule has 0 saturated carbocycles. The molecule has 1 N–H and O–H groups in total. The first kappa shape index (κ1) is 9.70. The number of rotatable bonds is 4. The Kier molecular flexibility index (Phi) is 3.42. The molecule has 0 bridgehead atoms. The summed E-state index contributed by atoms with van der Waals surface area (Å²) in [6, 6.07) is 0.182. The largest absolute Gasteiger partial charge is 0.354 e. The molecule has 1 aromatic heterocycles. The summed E-state index contributed by atoms with van der Waals surface area (Å²) >= 11 is 0. The van der Waals surface area contributed by atoms with Gasteiger partial charge in [0.2, 0.25) is 5.91 Å². The molecule has 1 aromatic rings. The van der Waals surface area contributed by atoms with E-state index in [0.717, 1.165) is 13.0 Å². The number of carbonyl (C=O) groups is 1. The van der Waals surface area contributed by atoms with Crippen LogP contribution in [-0.4, -0.2) is 26.7 Å². The Morgan fingerprint density at radius 3 is 3.00 bits per heavy atom. The normalized spacial score (nSPS) is 12.5. The summed E-state index contributed by atoms with van der Waals surface area (Å²) in [4.78, 5) is 14.5. The van der Waals surface area contributed by atoms with E-state index in [2.05, 4.69) is 15.4 Å². The van der Waals surface area contributed by atoms with Crippen LogP contribution in [0.4, 0.5) is 0 Å². The molecule has 1 atom stereocenters. The Morgan fingerprint density at radius 1 is 1.69 bits per heavy atom. The van der Waals surface area contributed by atoms with Crippen molar-refractivity contribution in [2.45, 2.75) is 32.9 Å². The number of hydrogen-bond acceptors (Lipinski definition) is 3. The number of nitrogens with zero attached hydrogens (tertiary/aromatic N) is 3. The lowest BCUT2D eigenvalue weighted by molar-refractivity contribution is -0.119. The SMILES string of the molecule is CC(=O)NC(C)CCn1cncn1. The molecule has 72 valence electrons. The van der Waals surface area contributed by atoms with Crippen molar-refractivity contribution < 1.29 is 4.79 Å². The predicted molar refractivity (Wildman–Crippen MR) is 47.9 cm³/mol. The third kappa shape index (κ3) is 3.68. The Morgan fingerprint density at radius 2 is 2.46 bits per heavy atom. The molecular weight excluding hydrogens is 168 g/mol. The lowest BCUT2D eigenvalue weighted by Gasteiger charge is -2.11. The van der Waals surface area contributed by atoms with Crippen LogP contribution in [-0.2, 0) is 11.3 Å². The molecule has 0 aliphatic carbocycles. The van der Waals surface area contributed by atoms with Crippen molar-refractivity contribution in [2.24, 2.45) is 0 Å². The van der Waals surface area contributed by atoms with Gasteiger partial charge in [-0.25, -0.2) is 4.98 Å². The van der Waals surface area contributed by atoms with Gasteiger partial charge >= 0.3 is 0 Å². The topological polar surface area (TPSA) is 59.8 Å². The predicted octanol–water partition coefficient (Wildman–Crippen LogP) is 0.193. The summed E-state index contributed by atoms with van der Waals surface area (Å²) in [7, 11) is 0. The van der Waals surface area contributed by atoms with Crippen LogP contribution in [0.3, 0.4) is 0 Å². The maximum Gasteiger partial charge on any atom is 0.217 e. The third-order valence-corrected chi connectivity index (χ3v) is 1.71. The van der Waals surface area contributed by atoms with Crippen LogP contribution in [0.1, 0.15) is 20.3 Å². The second kappa shape index (κ2) is 4.59. The first-order chi connectivity index (χ1) is 6.18.